The molecule has 1 aliphatic rings. The molecule has 6 heteroatoms. The van der Waals surface area contributed by atoms with Gasteiger partial charge in [0.25, 0.3) is 0 Å². The second-order valence-corrected chi connectivity index (χ2v) is 5.57. The molecular formula is C14H21N5O. The molecule has 0 spiro atoms. The molecular weight excluding hydrogens is 254 g/mol. The van der Waals surface area contributed by atoms with Crippen molar-refractivity contribution in [3.63, 3.8) is 0 Å². The first-order valence-corrected chi connectivity index (χ1v) is 7.19. The molecule has 3 rings (SSSR count). The van der Waals surface area contributed by atoms with E-state index in [1.807, 2.05) is 16.8 Å². The van der Waals surface area contributed by atoms with E-state index in [1.165, 1.54) is 0 Å². The third-order valence-electron chi connectivity index (χ3n) is 3.85. The Bertz CT molecular complexity index is 590. The van der Waals surface area contributed by atoms with Crippen LogP contribution < -0.4 is 10.6 Å². The van der Waals surface area contributed by atoms with Crippen LogP contribution in [0.15, 0.2) is 18.6 Å². The second kappa shape index (κ2) is 5.28. The first-order valence-electron chi connectivity index (χ1n) is 7.19. The maximum atomic E-state index is 9.38. The van der Waals surface area contributed by atoms with Gasteiger partial charge in [0.1, 0.15) is 5.82 Å². The molecule has 0 bridgehead atoms. The fourth-order valence-corrected chi connectivity index (χ4v) is 2.23. The molecule has 0 aliphatic heterocycles. The zero-order valence-electron chi connectivity index (χ0n) is 11.8. The van der Waals surface area contributed by atoms with E-state index >= 15 is 0 Å². The molecule has 20 heavy (non-hydrogen) atoms. The molecule has 0 radical (unpaired) electrons. The minimum absolute atomic E-state index is 0.0537. The number of imidazole rings is 1. The molecule has 108 valence electrons. The van der Waals surface area contributed by atoms with Crippen LogP contribution in [-0.4, -0.2) is 39.2 Å². The normalized spacial score (nSPS) is 16.3. The highest BCUT2D eigenvalue weighted by atomic mass is 16.3. The van der Waals surface area contributed by atoms with Crippen LogP contribution in [0, 0.1) is 5.41 Å². The zero-order chi connectivity index (χ0) is 14.0. The summed E-state index contributed by atoms with van der Waals surface area (Å²) in [5, 5.41) is 16.0. The Hall–Kier alpha value is -1.82. The minimum atomic E-state index is 0.0537. The lowest BCUT2D eigenvalue weighted by atomic mass is 10.1. The molecule has 0 saturated heterocycles. The molecule has 0 unspecified atom stereocenters. The summed E-state index contributed by atoms with van der Waals surface area (Å²) in [5.41, 5.74) is 0.874. The predicted octanol–water partition coefficient (Wildman–Crippen LogP) is 1.74. The van der Waals surface area contributed by atoms with Gasteiger partial charge < -0.3 is 20.1 Å². The fraction of sp³-hybridized carbons (Fsp3) is 0.571. The summed E-state index contributed by atoms with van der Waals surface area (Å²) in [7, 11) is 0. The molecule has 2 aromatic rings. The van der Waals surface area contributed by atoms with E-state index in [1.54, 1.807) is 6.20 Å². The molecule has 1 saturated carbocycles. The van der Waals surface area contributed by atoms with Crippen molar-refractivity contribution in [2.24, 2.45) is 5.41 Å². The van der Waals surface area contributed by atoms with Crippen molar-refractivity contribution in [2.45, 2.75) is 26.2 Å². The van der Waals surface area contributed by atoms with Gasteiger partial charge in [0, 0.05) is 30.9 Å². The third-order valence-corrected chi connectivity index (χ3v) is 3.85. The molecule has 1 fully saturated rings. The average Bonchev–Trinajstić information content (AvgIpc) is 3.11. The van der Waals surface area contributed by atoms with E-state index < -0.39 is 0 Å². The van der Waals surface area contributed by atoms with E-state index in [4.69, 9.17) is 0 Å². The van der Waals surface area contributed by atoms with Crippen molar-refractivity contribution in [1.29, 1.82) is 0 Å². The van der Waals surface area contributed by atoms with E-state index in [2.05, 4.69) is 27.5 Å². The first kappa shape index (κ1) is 13.2. The Morgan fingerprint density at radius 1 is 1.40 bits per heavy atom. The van der Waals surface area contributed by atoms with E-state index in [0.717, 1.165) is 49.6 Å². The highest BCUT2D eigenvalue weighted by molar-refractivity contribution is 5.65. The highest BCUT2D eigenvalue weighted by Gasteiger charge is 2.41. The summed E-state index contributed by atoms with van der Waals surface area (Å²) in [6, 6.07) is 0. The summed E-state index contributed by atoms with van der Waals surface area (Å²) >= 11 is 0. The van der Waals surface area contributed by atoms with Gasteiger partial charge in [-0.2, -0.15) is 0 Å². The lowest BCUT2D eigenvalue weighted by Gasteiger charge is -2.15. The van der Waals surface area contributed by atoms with Gasteiger partial charge in [-0.25, -0.2) is 9.97 Å². The average molecular weight is 275 g/mol. The van der Waals surface area contributed by atoms with E-state index in [0.29, 0.717) is 0 Å². The number of hydrogen-bond acceptors (Lipinski definition) is 5. The van der Waals surface area contributed by atoms with Gasteiger partial charge in [0.15, 0.2) is 11.5 Å². The number of nitrogens with one attached hydrogen (secondary N) is 2. The van der Waals surface area contributed by atoms with Gasteiger partial charge in [-0.15, -0.1) is 0 Å². The Morgan fingerprint density at radius 2 is 2.25 bits per heavy atom. The number of nitrogens with zero attached hydrogens (tertiary/aromatic N) is 3. The molecule has 2 aromatic heterocycles. The van der Waals surface area contributed by atoms with Crippen molar-refractivity contribution in [2.75, 3.05) is 30.3 Å². The van der Waals surface area contributed by atoms with Gasteiger partial charge in [0.05, 0.1) is 12.8 Å². The number of aromatic nitrogens is 3. The summed E-state index contributed by atoms with van der Waals surface area (Å²) in [5.74, 6) is 1.62. The van der Waals surface area contributed by atoms with Crippen LogP contribution >= 0.6 is 0 Å². The van der Waals surface area contributed by atoms with Crippen molar-refractivity contribution >= 4 is 17.3 Å². The molecule has 0 atom stereocenters. The van der Waals surface area contributed by atoms with Crippen LogP contribution in [0.3, 0.4) is 0 Å². The minimum Gasteiger partial charge on any atom is -0.396 e. The van der Waals surface area contributed by atoms with Crippen LogP contribution in [0.5, 0.6) is 0 Å². The van der Waals surface area contributed by atoms with Crippen LogP contribution in [-0.2, 0) is 0 Å². The molecule has 0 aromatic carbocycles. The van der Waals surface area contributed by atoms with Gasteiger partial charge in [-0.05, 0) is 19.3 Å². The largest absolute Gasteiger partial charge is 0.396 e. The van der Waals surface area contributed by atoms with E-state index in [9.17, 15) is 5.11 Å². The standard InChI is InChI=1S/C14H21N5O/c1-2-5-15-11-8-19-7-6-16-13(19)12(18-11)17-9-14(10-20)3-4-14/h6-8,15,20H,2-5,9-10H2,1H3,(H,17,18). The number of aliphatic hydroxyl groups is 1. The smallest absolute Gasteiger partial charge is 0.180 e. The number of rotatable bonds is 7. The summed E-state index contributed by atoms with van der Waals surface area (Å²) in [6.45, 7) is 4.00. The number of anilines is 2. The lowest BCUT2D eigenvalue weighted by molar-refractivity contribution is 0.219. The fourth-order valence-electron chi connectivity index (χ4n) is 2.23. The second-order valence-electron chi connectivity index (χ2n) is 5.57. The number of hydrogen-bond donors (Lipinski definition) is 3. The third kappa shape index (κ3) is 2.56. The van der Waals surface area contributed by atoms with Crippen LogP contribution in [0.2, 0.25) is 0 Å². The summed E-state index contributed by atoms with van der Waals surface area (Å²) < 4.78 is 1.96. The summed E-state index contributed by atoms with van der Waals surface area (Å²) in [6.07, 6.45) is 8.84. The molecule has 1 aliphatic carbocycles. The van der Waals surface area contributed by atoms with Crippen LogP contribution in [0.1, 0.15) is 26.2 Å². The SMILES string of the molecule is CCCNc1cn2ccnc2c(NCC2(CO)CC2)n1. The molecule has 2 heterocycles. The van der Waals surface area contributed by atoms with Gasteiger partial charge in [-0.1, -0.05) is 6.92 Å². The van der Waals surface area contributed by atoms with Crippen LogP contribution in [0.25, 0.3) is 5.65 Å². The first-order chi connectivity index (χ1) is 9.76. The van der Waals surface area contributed by atoms with E-state index in [-0.39, 0.29) is 12.0 Å². The zero-order valence-corrected chi connectivity index (χ0v) is 11.8. The molecule has 3 N–H and O–H groups in total. The maximum absolute atomic E-state index is 9.38. The highest BCUT2D eigenvalue weighted by Crippen LogP contribution is 2.44. The number of aliphatic hydroxyl groups excluding tert-OH is 1. The summed E-state index contributed by atoms with van der Waals surface area (Å²) in [4.78, 5) is 8.92. The quantitative estimate of drug-likeness (QED) is 0.717. The van der Waals surface area contributed by atoms with Crippen molar-refractivity contribution in [1.82, 2.24) is 14.4 Å². The maximum Gasteiger partial charge on any atom is 0.180 e. The van der Waals surface area contributed by atoms with Crippen LogP contribution in [0.4, 0.5) is 11.6 Å². The monoisotopic (exact) mass is 275 g/mol. The predicted molar refractivity (Wildman–Crippen MR) is 79.0 cm³/mol. The van der Waals surface area contributed by atoms with Crippen molar-refractivity contribution < 1.29 is 5.11 Å². The van der Waals surface area contributed by atoms with Gasteiger partial charge >= 0.3 is 0 Å². The van der Waals surface area contributed by atoms with Gasteiger partial charge in [0.2, 0.25) is 0 Å². The molecule has 6 nitrogen and oxygen atoms in total. The molecule has 0 amide bonds. The topological polar surface area (TPSA) is 74.5 Å². The number of fused-ring (bicyclic) bond motifs is 1. The Morgan fingerprint density at radius 3 is 2.95 bits per heavy atom. The Balaban J connectivity index is 1.81. The van der Waals surface area contributed by atoms with Crippen molar-refractivity contribution in [3.05, 3.63) is 18.6 Å². The Kier molecular flexibility index (Phi) is 3.48. The Labute approximate surface area is 118 Å². The van der Waals surface area contributed by atoms with Crippen molar-refractivity contribution in [3.8, 4) is 0 Å². The van der Waals surface area contributed by atoms with Gasteiger partial charge in [-0.3, -0.25) is 0 Å². The lowest BCUT2D eigenvalue weighted by Crippen LogP contribution is -2.20.